The monoisotopic (exact) mass is 320 g/mol. The molecule has 0 saturated carbocycles. The average Bonchev–Trinajstić information content (AvgIpc) is 2.96. The molecule has 5 nitrogen and oxygen atoms in total. The van der Waals surface area contributed by atoms with E-state index >= 15 is 0 Å². The molecule has 0 radical (unpaired) electrons. The topological polar surface area (TPSA) is 62.7 Å². The molecule has 1 aliphatic rings. The van der Waals surface area contributed by atoms with Crippen molar-refractivity contribution in [3.8, 4) is 0 Å². The van der Waals surface area contributed by atoms with Crippen LogP contribution in [0, 0.1) is 0 Å². The molecule has 0 unspecified atom stereocenters. The minimum atomic E-state index is -0.227. The van der Waals surface area contributed by atoms with Crippen molar-refractivity contribution < 1.29 is 14.6 Å². The molecule has 6 heteroatoms. The molecule has 3 rings (SSSR count). The Bertz CT molecular complexity index is 707. The fraction of sp³-hybridized carbons (Fsp3) is 0.375. The van der Waals surface area contributed by atoms with E-state index in [0.717, 1.165) is 5.39 Å². The first-order chi connectivity index (χ1) is 10.6. The Morgan fingerprint density at radius 3 is 2.95 bits per heavy atom. The highest BCUT2D eigenvalue weighted by molar-refractivity contribution is 6.31. The summed E-state index contributed by atoms with van der Waals surface area (Å²) in [5, 5.41) is 11.0. The minimum Gasteiger partial charge on any atom is -0.394 e. The number of likely N-dealkylation sites (tertiary alicyclic amines) is 1. The highest BCUT2D eigenvalue weighted by Gasteiger charge is 2.35. The number of hydrogen-bond acceptors (Lipinski definition) is 4. The van der Waals surface area contributed by atoms with E-state index in [4.69, 9.17) is 16.3 Å². The van der Waals surface area contributed by atoms with Gasteiger partial charge in [-0.05, 0) is 24.6 Å². The molecule has 1 amide bonds. The maximum atomic E-state index is 12.7. The summed E-state index contributed by atoms with van der Waals surface area (Å²) in [6.07, 6.45) is 0.592. The maximum absolute atomic E-state index is 12.7. The first kappa shape index (κ1) is 15.2. The molecule has 1 fully saturated rings. The van der Waals surface area contributed by atoms with Crippen molar-refractivity contribution in [3.63, 3.8) is 0 Å². The first-order valence-electron chi connectivity index (χ1n) is 7.13. The number of rotatable bonds is 3. The zero-order valence-electron chi connectivity index (χ0n) is 12.2. The highest BCUT2D eigenvalue weighted by Crippen LogP contribution is 2.23. The molecule has 116 valence electrons. The number of fused-ring (bicyclic) bond motifs is 1. The fourth-order valence-electron chi connectivity index (χ4n) is 2.82. The lowest BCUT2D eigenvalue weighted by Gasteiger charge is -2.22. The van der Waals surface area contributed by atoms with Crippen molar-refractivity contribution in [1.82, 2.24) is 9.88 Å². The van der Waals surface area contributed by atoms with E-state index < -0.39 is 0 Å². The summed E-state index contributed by atoms with van der Waals surface area (Å²) in [7, 11) is 1.61. The van der Waals surface area contributed by atoms with Crippen LogP contribution in [0.15, 0.2) is 30.3 Å². The Morgan fingerprint density at radius 2 is 2.23 bits per heavy atom. The number of benzene rings is 1. The number of hydrogen-bond donors (Lipinski definition) is 1. The number of aliphatic hydroxyl groups is 1. The van der Waals surface area contributed by atoms with Gasteiger partial charge in [0, 0.05) is 24.1 Å². The fourth-order valence-corrected chi connectivity index (χ4v) is 2.99. The van der Waals surface area contributed by atoms with E-state index in [1.807, 2.05) is 12.1 Å². The maximum Gasteiger partial charge on any atom is 0.272 e. The second kappa shape index (κ2) is 6.20. The lowest BCUT2D eigenvalue weighted by Crippen LogP contribution is -2.38. The average molecular weight is 321 g/mol. The molecule has 1 aromatic carbocycles. The third kappa shape index (κ3) is 2.79. The molecule has 22 heavy (non-hydrogen) atoms. The van der Waals surface area contributed by atoms with Crippen LogP contribution in [0.3, 0.4) is 0 Å². The predicted octanol–water partition coefficient (Wildman–Crippen LogP) is 2.11. The van der Waals surface area contributed by atoms with E-state index in [-0.39, 0.29) is 24.7 Å². The van der Waals surface area contributed by atoms with E-state index in [2.05, 4.69) is 4.98 Å². The van der Waals surface area contributed by atoms with Gasteiger partial charge in [0.25, 0.3) is 5.91 Å². The molecule has 2 atom stereocenters. The van der Waals surface area contributed by atoms with Gasteiger partial charge in [0.05, 0.1) is 24.3 Å². The summed E-state index contributed by atoms with van der Waals surface area (Å²) in [6.45, 7) is 0.390. The van der Waals surface area contributed by atoms with Gasteiger partial charge in [-0.25, -0.2) is 4.98 Å². The summed E-state index contributed by atoms with van der Waals surface area (Å²) in [5.41, 5.74) is 1.03. The van der Waals surface area contributed by atoms with Crippen molar-refractivity contribution in [2.75, 3.05) is 20.3 Å². The largest absolute Gasteiger partial charge is 0.394 e. The number of pyridine rings is 1. The summed E-state index contributed by atoms with van der Waals surface area (Å²) >= 11 is 5.98. The van der Waals surface area contributed by atoms with Gasteiger partial charge in [-0.3, -0.25) is 4.79 Å². The Hall–Kier alpha value is -1.69. The number of carbonyl (C=O) groups is 1. The predicted molar refractivity (Wildman–Crippen MR) is 84.1 cm³/mol. The molecule has 1 N–H and O–H groups in total. The van der Waals surface area contributed by atoms with E-state index in [1.165, 1.54) is 0 Å². The molecule has 0 spiro atoms. The molecule has 0 bridgehead atoms. The number of halogens is 1. The van der Waals surface area contributed by atoms with E-state index in [0.29, 0.717) is 29.2 Å². The van der Waals surface area contributed by atoms with Crippen molar-refractivity contribution in [3.05, 3.63) is 41.0 Å². The van der Waals surface area contributed by atoms with Crippen LogP contribution in [0.4, 0.5) is 0 Å². The van der Waals surface area contributed by atoms with Crippen LogP contribution in [-0.2, 0) is 4.74 Å². The molecule has 1 aliphatic heterocycles. The van der Waals surface area contributed by atoms with Crippen LogP contribution >= 0.6 is 11.6 Å². The van der Waals surface area contributed by atoms with Crippen LogP contribution < -0.4 is 0 Å². The van der Waals surface area contributed by atoms with Crippen LogP contribution in [0.2, 0.25) is 5.02 Å². The Morgan fingerprint density at radius 1 is 1.45 bits per heavy atom. The third-order valence-corrected chi connectivity index (χ3v) is 4.29. The van der Waals surface area contributed by atoms with E-state index in [1.54, 1.807) is 30.2 Å². The first-order valence-corrected chi connectivity index (χ1v) is 7.51. The number of aromatic nitrogens is 1. The van der Waals surface area contributed by atoms with Gasteiger partial charge in [0.15, 0.2) is 0 Å². The Balaban J connectivity index is 1.91. The number of amides is 1. The molecule has 2 aromatic rings. The normalized spacial score (nSPS) is 21.5. The summed E-state index contributed by atoms with van der Waals surface area (Å²) in [6, 6.07) is 8.72. The molecular formula is C16H17ClN2O3. The number of methoxy groups -OCH3 is 1. The quantitative estimate of drug-likeness (QED) is 0.941. The highest BCUT2D eigenvalue weighted by atomic mass is 35.5. The SMILES string of the molecule is CO[C@@H]1C[C@@H](CO)N(C(=O)c2ccc3ccc(Cl)cc3n2)C1. The van der Waals surface area contributed by atoms with Gasteiger partial charge in [0.1, 0.15) is 5.69 Å². The van der Waals surface area contributed by atoms with Gasteiger partial charge in [-0.1, -0.05) is 23.7 Å². The van der Waals surface area contributed by atoms with Crippen molar-refractivity contribution in [2.24, 2.45) is 0 Å². The van der Waals surface area contributed by atoms with Gasteiger partial charge in [0.2, 0.25) is 0 Å². The number of ether oxygens (including phenoxy) is 1. The second-order valence-corrected chi connectivity index (χ2v) is 5.86. The summed E-state index contributed by atoms with van der Waals surface area (Å²) < 4.78 is 5.30. The molecular weight excluding hydrogens is 304 g/mol. The molecule has 1 saturated heterocycles. The van der Waals surface area contributed by atoms with Crippen LogP contribution in [0.25, 0.3) is 10.9 Å². The van der Waals surface area contributed by atoms with Crippen molar-refractivity contribution >= 4 is 28.4 Å². The zero-order chi connectivity index (χ0) is 15.7. The third-order valence-electron chi connectivity index (χ3n) is 4.05. The molecule has 0 aliphatic carbocycles. The van der Waals surface area contributed by atoms with Crippen LogP contribution in [-0.4, -0.2) is 53.3 Å². The summed E-state index contributed by atoms with van der Waals surface area (Å²) in [4.78, 5) is 18.7. The Kier molecular flexibility index (Phi) is 4.29. The standard InChI is InChI=1S/C16H17ClN2O3/c1-22-13-7-12(9-20)19(8-13)16(21)14-5-3-10-2-4-11(17)6-15(10)18-14/h2-6,12-13,20H,7-9H2,1H3/t12-,13+/m0/s1. The van der Waals surface area contributed by atoms with Gasteiger partial charge < -0.3 is 14.7 Å². The van der Waals surface area contributed by atoms with Crippen LogP contribution in [0.1, 0.15) is 16.9 Å². The van der Waals surface area contributed by atoms with Gasteiger partial charge >= 0.3 is 0 Å². The molecule has 1 aromatic heterocycles. The smallest absolute Gasteiger partial charge is 0.272 e. The number of nitrogens with zero attached hydrogens (tertiary/aromatic N) is 2. The lowest BCUT2D eigenvalue weighted by atomic mass is 10.2. The minimum absolute atomic E-state index is 0.0454. The van der Waals surface area contributed by atoms with Crippen LogP contribution in [0.5, 0.6) is 0 Å². The number of carbonyl (C=O) groups excluding carboxylic acids is 1. The lowest BCUT2D eigenvalue weighted by molar-refractivity contribution is 0.0642. The van der Waals surface area contributed by atoms with Crippen molar-refractivity contribution in [1.29, 1.82) is 0 Å². The van der Waals surface area contributed by atoms with Gasteiger partial charge in [-0.15, -0.1) is 0 Å². The number of aliphatic hydroxyl groups excluding tert-OH is 1. The Labute approximate surface area is 133 Å². The molecule has 2 heterocycles. The van der Waals surface area contributed by atoms with Crippen molar-refractivity contribution in [2.45, 2.75) is 18.6 Å². The van der Waals surface area contributed by atoms with E-state index in [9.17, 15) is 9.90 Å². The second-order valence-electron chi connectivity index (χ2n) is 5.42. The zero-order valence-corrected chi connectivity index (χ0v) is 13.0. The van der Waals surface area contributed by atoms with Gasteiger partial charge in [-0.2, -0.15) is 0 Å². The summed E-state index contributed by atoms with van der Waals surface area (Å²) in [5.74, 6) is -0.194.